The molecule has 114 valence electrons. The maximum Gasteiger partial charge on any atom is 1.00 e. The summed E-state index contributed by atoms with van der Waals surface area (Å²) in [6, 6.07) is 0. The van der Waals surface area contributed by atoms with Gasteiger partial charge in [-0.3, -0.25) is 0 Å². The second kappa shape index (κ2) is 21.9. The second-order valence-corrected chi connectivity index (χ2v) is 6.61. The first-order chi connectivity index (χ1) is 9.20. The third kappa shape index (κ3) is 24.6. The van der Waals surface area contributed by atoms with E-state index in [1.807, 2.05) is 0 Å². The molecule has 0 heterocycles. The van der Waals surface area contributed by atoms with Crippen molar-refractivity contribution in [3.63, 3.8) is 0 Å². The molecule has 0 aliphatic carbocycles. The van der Waals surface area contributed by atoms with Crippen molar-refractivity contribution in [2.24, 2.45) is 0 Å². The quantitative estimate of drug-likeness (QED) is 0.234. The van der Waals surface area contributed by atoms with Crippen LogP contribution in [0.2, 0.25) is 0 Å². The Morgan fingerprint density at radius 1 is 0.542 bits per heavy atom. The fraction of sp³-hybridized carbons (Fsp3) is 0.600. The van der Waals surface area contributed by atoms with Crippen molar-refractivity contribution in [1.82, 2.24) is 0 Å². The molecule has 0 fully saturated rings. The minimum atomic E-state index is -1.47. The Morgan fingerprint density at radius 3 is 0.833 bits per heavy atom. The first kappa shape index (κ1) is 37.3. The molecule has 0 aromatic rings. The van der Waals surface area contributed by atoms with Gasteiger partial charge in [-0.2, -0.15) is 0 Å². The number of aliphatic carboxylic acids is 4. The molecule has 0 radical (unpaired) electrons. The number of carbonyl (C=O) groups excluding carboxylic acids is 4. The molecule has 0 saturated carbocycles. The Kier molecular flexibility index (Phi) is 34.0. The van der Waals surface area contributed by atoms with Crippen LogP contribution in [-0.4, -0.2) is 34.4 Å². The number of carbonyl (C=O) groups is 4. The molecule has 0 rings (SSSR count). The fourth-order valence-electron chi connectivity index (χ4n) is 1.18. The molecule has 24 heavy (non-hydrogen) atoms. The maximum absolute atomic E-state index is 10.4. The zero-order valence-corrected chi connectivity index (χ0v) is 23.7. The second-order valence-electron chi connectivity index (χ2n) is 3.74. The largest absolute Gasteiger partial charge is 1.00 e. The van der Waals surface area contributed by atoms with Crippen LogP contribution in [0.15, 0.2) is 0 Å². The molecule has 14 heteroatoms. The molecular weight excluding hydrogens is 404 g/mol. The molecular formula is C10H10Na4O8S2. The van der Waals surface area contributed by atoms with Crippen molar-refractivity contribution in [2.45, 2.75) is 36.2 Å². The van der Waals surface area contributed by atoms with Crippen LogP contribution in [0.5, 0.6) is 0 Å². The van der Waals surface area contributed by atoms with Gasteiger partial charge in [-0.15, -0.1) is 0 Å². The molecule has 0 atom stereocenters. The molecule has 0 bridgehead atoms. The summed E-state index contributed by atoms with van der Waals surface area (Å²) in [5.41, 5.74) is 0. The van der Waals surface area contributed by atoms with E-state index in [4.69, 9.17) is 0 Å². The van der Waals surface area contributed by atoms with Crippen LogP contribution in [0.4, 0.5) is 0 Å². The molecule has 0 aliphatic heterocycles. The molecule has 0 unspecified atom stereocenters. The van der Waals surface area contributed by atoms with E-state index in [1.165, 1.54) is 0 Å². The minimum absolute atomic E-state index is 0. The minimum Gasteiger partial charge on any atom is -0.550 e. The normalized spacial score (nSPS) is 8.92. The smallest absolute Gasteiger partial charge is 0.550 e. The van der Waals surface area contributed by atoms with Gasteiger partial charge in [-0.25, -0.2) is 0 Å². The van der Waals surface area contributed by atoms with Gasteiger partial charge in [0.05, 0.1) is 0 Å². The number of hydrogen-bond donors (Lipinski definition) is 0. The van der Waals surface area contributed by atoms with Gasteiger partial charge < -0.3 is 39.6 Å². The van der Waals surface area contributed by atoms with E-state index in [1.54, 1.807) is 0 Å². The molecule has 0 spiro atoms. The molecule has 0 aromatic carbocycles. The van der Waals surface area contributed by atoms with Crippen molar-refractivity contribution < 1.29 is 158 Å². The Morgan fingerprint density at radius 2 is 0.708 bits per heavy atom. The van der Waals surface area contributed by atoms with Crippen molar-refractivity contribution in [1.29, 1.82) is 0 Å². The van der Waals surface area contributed by atoms with Crippen molar-refractivity contribution in [3.05, 3.63) is 0 Å². The van der Waals surface area contributed by atoms with Gasteiger partial charge in [0.1, 0.15) is 0 Å². The summed E-state index contributed by atoms with van der Waals surface area (Å²) in [6.07, 6.45) is -2.30. The molecule has 0 amide bonds. The monoisotopic (exact) mass is 414 g/mol. The van der Waals surface area contributed by atoms with E-state index >= 15 is 0 Å². The third-order valence-corrected chi connectivity index (χ3v) is 5.19. The van der Waals surface area contributed by atoms with Crippen LogP contribution in [0, 0.1) is 0 Å². The van der Waals surface area contributed by atoms with Crippen molar-refractivity contribution in [3.8, 4) is 0 Å². The summed E-state index contributed by atoms with van der Waals surface area (Å²) in [6.45, 7) is 0. The Hall–Kier alpha value is 2.58. The van der Waals surface area contributed by atoms with Crippen LogP contribution in [0.25, 0.3) is 0 Å². The van der Waals surface area contributed by atoms with Gasteiger partial charge in [0.2, 0.25) is 0 Å². The average molecular weight is 414 g/mol. The Labute approximate surface area is 235 Å². The summed E-state index contributed by atoms with van der Waals surface area (Å²) < 4.78 is 0. The predicted octanol–water partition coefficient (Wildman–Crippen LogP) is -16.3. The zero-order chi connectivity index (χ0) is 15.7. The Bertz CT molecular complexity index is 331. The Balaban J connectivity index is -0.000000301. The molecule has 8 nitrogen and oxygen atoms in total. The van der Waals surface area contributed by atoms with Crippen LogP contribution in [0.1, 0.15) is 25.7 Å². The predicted molar refractivity (Wildman–Crippen MR) is 61.3 cm³/mol. The SMILES string of the molecule is O=C([O-])CC(CC(=O)[O-])SSC(CC(=O)[O-])CC(=O)[O-].[Na+].[Na+].[Na+].[Na+]. The van der Waals surface area contributed by atoms with E-state index in [0.717, 1.165) is 21.6 Å². The summed E-state index contributed by atoms with van der Waals surface area (Å²) in [4.78, 5) is 41.7. The van der Waals surface area contributed by atoms with Gasteiger partial charge in [-0.1, -0.05) is 21.6 Å². The molecule has 0 N–H and O–H groups in total. The van der Waals surface area contributed by atoms with E-state index in [2.05, 4.69) is 0 Å². The fourth-order valence-corrected chi connectivity index (χ4v) is 4.07. The standard InChI is InChI=1S/C10H14O8S2.4Na/c11-7(12)1-5(2-8(13)14)19-20-6(3-9(15)16)4-10(17)18;;;;/h5-6H,1-4H2,(H,11,12)(H,13,14)(H,15,16)(H,17,18);;;;/q;4*+1/p-4. The number of carboxylic acids is 4. The molecule has 0 aromatic heterocycles. The van der Waals surface area contributed by atoms with Crippen LogP contribution in [-0.2, 0) is 19.2 Å². The van der Waals surface area contributed by atoms with E-state index in [0.29, 0.717) is 0 Å². The van der Waals surface area contributed by atoms with E-state index < -0.39 is 60.1 Å². The van der Waals surface area contributed by atoms with Gasteiger partial charge in [-0.05, 0) is 0 Å². The summed E-state index contributed by atoms with van der Waals surface area (Å²) in [7, 11) is 1.53. The van der Waals surface area contributed by atoms with Crippen LogP contribution >= 0.6 is 21.6 Å². The first-order valence-electron chi connectivity index (χ1n) is 5.32. The summed E-state index contributed by atoms with van der Waals surface area (Å²) in [5, 5.41) is 39.9. The number of hydrogen-bond acceptors (Lipinski definition) is 10. The molecule has 0 aliphatic rings. The van der Waals surface area contributed by atoms with Gasteiger partial charge in [0, 0.05) is 60.1 Å². The van der Waals surface area contributed by atoms with Gasteiger partial charge in [0.25, 0.3) is 0 Å². The topological polar surface area (TPSA) is 161 Å². The number of rotatable bonds is 11. The van der Waals surface area contributed by atoms with Crippen molar-refractivity contribution >= 4 is 45.5 Å². The number of carboxylic acid groups (broad SMARTS) is 4. The van der Waals surface area contributed by atoms with Gasteiger partial charge in [0.15, 0.2) is 0 Å². The zero-order valence-electron chi connectivity index (χ0n) is 14.1. The third-order valence-electron chi connectivity index (χ3n) is 1.91. The van der Waals surface area contributed by atoms with Crippen LogP contribution < -0.4 is 139 Å². The summed E-state index contributed by atoms with van der Waals surface area (Å²) >= 11 is 0. The van der Waals surface area contributed by atoms with Crippen LogP contribution in [0.3, 0.4) is 0 Å². The van der Waals surface area contributed by atoms with E-state index in [-0.39, 0.29) is 118 Å². The maximum atomic E-state index is 10.4. The first-order valence-corrected chi connectivity index (χ1v) is 7.59. The van der Waals surface area contributed by atoms with Crippen molar-refractivity contribution in [2.75, 3.05) is 0 Å². The van der Waals surface area contributed by atoms with E-state index in [9.17, 15) is 39.6 Å². The molecule has 0 saturated heterocycles. The average Bonchev–Trinajstić information content (AvgIpc) is 2.22. The van der Waals surface area contributed by atoms with Gasteiger partial charge >= 0.3 is 118 Å². The summed E-state index contributed by atoms with van der Waals surface area (Å²) in [5.74, 6) is -5.89.